The van der Waals surface area contributed by atoms with E-state index in [0.717, 1.165) is 16.5 Å². The number of carbonyl (C=O) groups excluding carboxylic acids is 1. The number of hydrogen-bond donors (Lipinski definition) is 0. The monoisotopic (exact) mass is 284 g/mol. The lowest BCUT2D eigenvalue weighted by atomic mass is 10.1. The molecule has 0 aliphatic heterocycles. The van der Waals surface area contributed by atoms with E-state index < -0.39 is 5.97 Å². The minimum Gasteiger partial charge on any atom is -0.497 e. The van der Waals surface area contributed by atoms with Crippen LogP contribution < -0.4 is 4.74 Å². The average Bonchev–Trinajstić information content (AvgIpc) is 3.02. The van der Waals surface area contributed by atoms with Gasteiger partial charge in [0.1, 0.15) is 12.1 Å². The molecule has 0 atom stereocenters. The van der Waals surface area contributed by atoms with Crippen LogP contribution in [-0.4, -0.2) is 39.9 Å². The molecule has 3 aromatic rings. The molecule has 2 aromatic heterocycles. The van der Waals surface area contributed by atoms with Crippen LogP contribution in [0.1, 0.15) is 10.6 Å². The summed E-state index contributed by atoms with van der Waals surface area (Å²) < 4.78 is 11.2. The van der Waals surface area contributed by atoms with Gasteiger partial charge in [-0.05, 0) is 29.7 Å². The van der Waals surface area contributed by atoms with Crippen LogP contribution in [0.25, 0.3) is 16.6 Å². The molecule has 0 N–H and O–H groups in total. The Morgan fingerprint density at radius 3 is 2.81 bits per heavy atom. The van der Waals surface area contributed by atoms with Crippen LogP contribution in [0.3, 0.4) is 0 Å². The second-order valence-corrected chi connectivity index (χ2v) is 4.23. The number of esters is 1. The van der Waals surface area contributed by atoms with E-state index in [1.54, 1.807) is 13.3 Å². The number of carbonyl (C=O) groups is 1. The fourth-order valence-electron chi connectivity index (χ4n) is 2.00. The first-order valence-corrected chi connectivity index (χ1v) is 6.16. The quantitative estimate of drug-likeness (QED) is 0.680. The Bertz CT molecular complexity index is 813. The van der Waals surface area contributed by atoms with Crippen LogP contribution in [0.2, 0.25) is 0 Å². The molecule has 3 rings (SSSR count). The molecule has 1 aromatic carbocycles. The highest BCUT2D eigenvalue weighted by Crippen LogP contribution is 2.24. The number of benzene rings is 1. The van der Waals surface area contributed by atoms with Crippen molar-refractivity contribution in [1.82, 2.24) is 19.7 Å². The van der Waals surface area contributed by atoms with Crippen molar-refractivity contribution in [3.63, 3.8) is 0 Å². The van der Waals surface area contributed by atoms with Gasteiger partial charge in [0.25, 0.3) is 5.82 Å². The van der Waals surface area contributed by atoms with Crippen LogP contribution in [0.15, 0.2) is 36.8 Å². The molecule has 0 bridgehead atoms. The highest BCUT2D eigenvalue weighted by atomic mass is 16.5. The SMILES string of the molecule is COC(=O)c1ncn(-c2nccc3cc(OC)ccc23)n1. The van der Waals surface area contributed by atoms with Crippen LogP contribution in [0, 0.1) is 0 Å². The van der Waals surface area contributed by atoms with Gasteiger partial charge in [-0.3, -0.25) is 0 Å². The fraction of sp³-hybridized carbons (Fsp3) is 0.143. The molecule has 0 aliphatic rings. The summed E-state index contributed by atoms with van der Waals surface area (Å²) in [4.78, 5) is 19.6. The van der Waals surface area contributed by atoms with E-state index in [2.05, 4.69) is 19.8 Å². The van der Waals surface area contributed by atoms with Crippen molar-refractivity contribution in [1.29, 1.82) is 0 Å². The van der Waals surface area contributed by atoms with E-state index in [-0.39, 0.29) is 5.82 Å². The summed E-state index contributed by atoms with van der Waals surface area (Å²) in [7, 11) is 2.90. The summed E-state index contributed by atoms with van der Waals surface area (Å²) in [6.07, 6.45) is 3.09. The van der Waals surface area contributed by atoms with Gasteiger partial charge < -0.3 is 9.47 Å². The third-order valence-electron chi connectivity index (χ3n) is 3.03. The molecule has 106 valence electrons. The second-order valence-electron chi connectivity index (χ2n) is 4.23. The third kappa shape index (κ3) is 2.29. The lowest BCUT2D eigenvalue weighted by Gasteiger charge is -2.06. The maximum absolute atomic E-state index is 11.4. The van der Waals surface area contributed by atoms with E-state index in [1.807, 2.05) is 24.3 Å². The first kappa shape index (κ1) is 13.0. The van der Waals surface area contributed by atoms with Crippen molar-refractivity contribution in [3.05, 3.63) is 42.6 Å². The smallest absolute Gasteiger partial charge is 0.377 e. The molecule has 0 spiro atoms. The predicted octanol–water partition coefficient (Wildman–Crippen LogP) is 1.61. The van der Waals surface area contributed by atoms with Crippen LogP contribution >= 0.6 is 0 Å². The maximum Gasteiger partial charge on any atom is 0.377 e. The molecular weight excluding hydrogens is 272 g/mol. The van der Waals surface area contributed by atoms with Gasteiger partial charge in [-0.1, -0.05) is 0 Å². The Morgan fingerprint density at radius 2 is 2.05 bits per heavy atom. The number of nitrogens with zero attached hydrogens (tertiary/aromatic N) is 4. The molecule has 0 radical (unpaired) electrons. The van der Waals surface area contributed by atoms with E-state index >= 15 is 0 Å². The van der Waals surface area contributed by atoms with Crippen molar-refractivity contribution in [2.75, 3.05) is 14.2 Å². The number of pyridine rings is 1. The van der Waals surface area contributed by atoms with Gasteiger partial charge in [-0.25, -0.2) is 19.4 Å². The first-order valence-electron chi connectivity index (χ1n) is 6.16. The van der Waals surface area contributed by atoms with Crippen molar-refractivity contribution in [2.24, 2.45) is 0 Å². The summed E-state index contributed by atoms with van der Waals surface area (Å²) in [6, 6.07) is 7.50. The summed E-state index contributed by atoms with van der Waals surface area (Å²) in [5.41, 5.74) is 0. The van der Waals surface area contributed by atoms with E-state index in [9.17, 15) is 4.79 Å². The van der Waals surface area contributed by atoms with Gasteiger partial charge in [0.15, 0.2) is 5.82 Å². The lowest BCUT2D eigenvalue weighted by Crippen LogP contribution is -2.06. The zero-order chi connectivity index (χ0) is 14.8. The van der Waals surface area contributed by atoms with Crippen LogP contribution in [-0.2, 0) is 4.74 Å². The summed E-state index contributed by atoms with van der Waals surface area (Å²) in [5, 5.41) is 5.91. The van der Waals surface area contributed by atoms with Gasteiger partial charge in [0, 0.05) is 11.6 Å². The van der Waals surface area contributed by atoms with Crippen molar-refractivity contribution in [3.8, 4) is 11.6 Å². The highest BCUT2D eigenvalue weighted by molar-refractivity contribution is 5.89. The molecule has 0 fully saturated rings. The summed E-state index contributed by atoms with van der Waals surface area (Å²) >= 11 is 0. The molecular formula is C14H12N4O3. The Morgan fingerprint density at radius 1 is 1.19 bits per heavy atom. The Balaban J connectivity index is 2.12. The van der Waals surface area contributed by atoms with Gasteiger partial charge in [-0.2, -0.15) is 0 Å². The predicted molar refractivity (Wildman–Crippen MR) is 74.6 cm³/mol. The normalized spacial score (nSPS) is 10.6. The largest absolute Gasteiger partial charge is 0.497 e. The molecule has 0 saturated carbocycles. The molecule has 0 aliphatic carbocycles. The lowest BCUT2D eigenvalue weighted by molar-refractivity contribution is 0.0587. The topological polar surface area (TPSA) is 79.1 Å². The van der Waals surface area contributed by atoms with Gasteiger partial charge in [-0.15, -0.1) is 5.10 Å². The zero-order valence-corrected chi connectivity index (χ0v) is 11.5. The number of fused-ring (bicyclic) bond motifs is 1. The number of aromatic nitrogens is 4. The maximum atomic E-state index is 11.4. The summed E-state index contributed by atoms with van der Waals surface area (Å²) in [6.45, 7) is 0. The minimum absolute atomic E-state index is 0.00943. The number of methoxy groups -OCH3 is 2. The standard InChI is InChI=1S/C14H12N4O3/c1-20-10-3-4-11-9(7-10)5-6-15-13(11)18-8-16-12(17-18)14(19)21-2/h3-8H,1-2H3. The third-order valence-corrected chi connectivity index (χ3v) is 3.03. The van der Waals surface area contributed by atoms with Gasteiger partial charge in [0.05, 0.1) is 14.2 Å². The minimum atomic E-state index is -0.587. The molecule has 0 unspecified atom stereocenters. The van der Waals surface area contributed by atoms with E-state index in [1.165, 1.54) is 18.1 Å². The number of hydrogen-bond acceptors (Lipinski definition) is 6. The van der Waals surface area contributed by atoms with E-state index in [4.69, 9.17) is 4.74 Å². The van der Waals surface area contributed by atoms with E-state index in [0.29, 0.717) is 5.82 Å². The molecule has 7 heteroatoms. The first-order chi connectivity index (χ1) is 10.2. The van der Waals surface area contributed by atoms with Crippen LogP contribution in [0.5, 0.6) is 5.75 Å². The average molecular weight is 284 g/mol. The Kier molecular flexibility index (Phi) is 3.23. The molecule has 0 saturated heterocycles. The second kappa shape index (κ2) is 5.20. The molecule has 21 heavy (non-hydrogen) atoms. The van der Waals surface area contributed by atoms with Gasteiger partial charge >= 0.3 is 5.97 Å². The Hall–Kier alpha value is -2.96. The molecule has 0 amide bonds. The van der Waals surface area contributed by atoms with Crippen molar-refractivity contribution in [2.45, 2.75) is 0 Å². The van der Waals surface area contributed by atoms with Gasteiger partial charge in [0.2, 0.25) is 0 Å². The highest BCUT2D eigenvalue weighted by Gasteiger charge is 2.14. The zero-order valence-electron chi connectivity index (χ0n) is 11.5. The van der Waals surface area contributed by atoms with Crippen molar-refractivity contribution >= 4 is 16.7 Å². The molecule has 7 nitrogen and oxygen atoms in total. The number of rotatable bonds is 3. The summed E-state index contributed by atoms with van der Waals surface area (Å²) in [5.74, 6) is 0.742. The van der Waals surface area contributed by atoms with Crippen LogP contribution in [0.4, 0.5) is 0 Å². The molecule has 2 heterocycles. The number of ether oxygens (including phenoxy) is 2. The van der Waals surface area contributed by atoms with Crippen molar-refractivity contribution < 1.29 is 14.3 Å². The fourth-order valence-corrected chi connectivity index (χ4v) is 2.00. The Labute approximate surface area is 120 Å².